The Labute approximate surface area is 158 Å². The van der Waals surface area contributed by atoms with Crippen molar-refractivity contribution in [3.05, 3.63) is 70.7 Å². The van der Waals surface area contributed by atoms with Crippen molar-refractivity contribution in [3.8, 4) is 11.5 Å². The molecule has 0 fully saturated rings. The Bertz CT molecular complexity index is 875. The highest BCUT2D eigenvalue weighted by Crippen LogP contribution is 2.27. The van der Waals surface area contributed by atoms with Crippen LogP contribution >= 0.6 is 11.3 Å². The number of anilines is 1. The third-order valence-electron chi connectivity index (χ3n) is 3.83. The maximum Gasteiger partial charge on any atom is 0.203 e. The molecule has 0 bridgehead atoms. The largest absolute Gasteiger partial charge is 0.457 e. The normalized spacial score (nSPS) is 11.7. The molecular formula is C21H23N3OS. The number of nitrogens with one attached hydrogen (secondary N) is 1. The van der Waals surface area contributed by atoms with Gasteiger partial charge < -0.3 is 4.74 Å². The minimum absolute atomic E-state index is 0.144. The molecule has 3 rings (SSSR count). The van der Waals surface area contributed by atoms with E-state index >= 15 is 0 Å². The highest BCUT2D eigenvalue weighted by Gasteiger charge is 2.13. The van der Waals surface area contributed by atoms with Gasteiger partial charge in [-0.2, -0.15) is 5.10 Å². The van der Waals surface area contributed by atoms with Gasteiger partial charge in [0.2, 0.25) is 5.13 Å². The second kappa shape index (κ2) is 7.70. The van der Waals surface area contributed by atoms with Crippen molar-refractivity contribution >= 4 is 22.7 Å². The Kier molecular flexibility index (Phi) is 5.38. The van der Waals surface area contributed by atoms with Crippen LogP contribution < -0.4 is 10.2 Å². The quantitative estimate of drug-likeness (QED) is 0.446. The number of hydrogen-bond donors (Lipinski definition) is 1. The Morgan fingerprint density at radius 1 is 1.00 bits per heavy atom. The molecule has 1 aromatic heterocycles. The van der Waals surface area contributed by atoms with E-state index in [2.05, 4.69) is 48.4 Å². The van der Waals surface area contributed by atoms with Gasteiger partial charge in [0, 0.05) is 5.38 Å². The maximum atomic E-state index is 5.91. The van der Waals surface area contributed by atoms with Gasteiger partial charge in [0.25, 0.3) is 0 Å². The first-order chi connectivity index (χ1) is 12.4. The van der Waals surface area contributed by atoms with Crippen LogP contribution in [-0.2, 0) is 5.41 Å². The van der Waals surface area contributed by atoms with Crippen molar-refractivity contribution in [1.82, 2.24) is 4.98 Å². The second-order valence-electron chi connectivity index (χ2n) is 7.11. The molecule has 0 saturated heterocycles. The first-order valence-corrected chi connectivity index (χ1v) is 9.38. The lowest BCUT2D eigenvalue weighted by Gasteiger charge is -2.19. The average Bonchev–Trinajstić information content (AvgIpc) is 3.01. The molecule has 0 aliphatic carbocycles. The number of aromatic nitrogens is 1. The zero-order valence-electron chi connectivity index (χ0n) is 15.5. The fourth-order valence-electron chi connectivity index (χ4n) is 2.35. The molecule has 4 nitrogen and oxygen atoms in total. The van der Waals surface area contributed by atoms with Crippen LogP contribution in [0.5, 0.6) is 11.5 Å². The fourth-order valence-corrected chi connectivity index (χ4v) is 2.99. The molecule has 0 atom stereocenters. The van der Waals surface area contributed by atoms with E-state index in [-0.39, 0.29) is 5.41 Å². The monoisotopic (exact) mass is 365 g/mol. The molecule has 5 heteroatoms. The van der Waals surface area contributed by atoms with Crippen molar-refractivity contribution in [1.29, 1.82) is 0 Å². The van der Waals surface area contributed by atoms with Crippen LogP contribution in [0.2, 0.25) is 0 Å². The van der Waals surface area contributed by atoms with Crippen molar-refractivity contribution in [2.24, 2.45) is 5.10 Å². The average molecular weight is 366 g/mol. The van der Waals surface area contributed by atoms with Gasteiger partial charge in [-0.25, -0.2) is 4.98 Å². The number of hydrazone groups is 1. The number of ether oxygens (including phenoxy) is 1. The van der Waals surface area contributed by atoms with Crippen LogP contribution in [0.3, 0.4) is 0 Å². The van der Waals surface area contributed by atoms with E-state index in [0.29, 0.717) is 0 Å². The van der Waals surface area contributed by atoms with Crippen molar-refractivity contribution in [3.63, 3.8) is 0 Å². The summed E-state index contributed by atoms with van der Waals surface area (Å²) in [6, 6.07) is 16.1. The summed E-state index contributed by atoms with van der Waals surface area (Å²) in [6.45, 7) is 8.57. The topological polar surface area (TPSA) is 46.5 Å². The molecule has 0 aliphatic heterocycles. The van der Waals surface area contributed by atoms with Crippen LogP contribution in [0.1, 0.15) is 37.6 Å². The molecule has 2 aromatic carbocycles. The van der Waals surface area contributed by atoms with E-state index in [1.54, 1.807) is 6.21 Å². The molecule has 1 heterocycles. The van der Waals surface area contributed by atoms with Gasteiger partial charge in [-0.15, -0.1) is 11.3 Å². The zero-order valence-corrected chi connectivity index (χ0v) is 16.3. The number of thiazole rings is 1. The first kappa shape index (κ1) is 18.1. The number of benzene rings is 2. The van der Waals surface area contributed by atoms with Crippen LogP contribution in [0.25, 0.3) is 0 Å². The molecule has 0 spiro atoms. The maximum absolute atomic E-state index is 5.91. The lowest BCUT2D eigenvalue weighted by Crippen LogP contribution is -2.10. The molecule has 26 heavy (non-hydrogen) atoms. The summed E-state index contributed by atoms with van der Waals surface area (Å²) in [4.78, 5) is 4.30. The van der Waals surface area contributed by atoms with Gasteiger partial charge in [0.1, 0.15) is 11.5 Å². The van der Waals surface area contributed by atoms with Crippen LogP contribution in [0.4, 0.5) is 5.13 Å². The molecule has 0 amide bonds. The first-order valence-electron chi connectivity index (χ1n) is 8.50. The molecule has 0 radical (unpaired) electrons. The molecular weight excluding hydrogens is 342 g/mol. The van der Waals surface area contributed by atoms with Crippen molar-refractivity contribution in [2.45, 2.75) is 33.1 Å². The van der Waals surface area contributed by atoms with Gasteiger partial charge in [0.15, 0.2) is 0 Å². The van der Waals surface area contributed by atoms with E-state index in [0.717, 1.165) is 27.9 Å². The van der Waals surface area contributed by atoms with Gasteiger partial charge in [-0.05, 0) is 59.9 Å². The van der Waals surface area contributed by atoms with Crippen molar-refractivity contribution in [2.75, 3.05) is 5.43 Å². The summed E-state index contributed by atoms with van der Waals surface area (Å²) in [6.07, 6.45) is 1.76. The summed E-state index contributed by atoms with van der Waals surface area (Å²) in [7, 11) is 0. The Hall–Kier alpha value is -2.66. The third kappa shape index (κ3) is 4.92. The minimum atomic E-state index is 0.144. The minimum Gasteiger partial charge on any atom is -0.457 e. The van der Waals surface area contributed by atoms with Crippen LogP contribution in [0.15, 0.2) is 59.0 Å². The molecule has 0 saturated carbocycles. The Balaban J connectivity index is 1.59. The number of nitrogens with zero attached hydrogens (tertiary/aromatic N) is 2. The molecule has 134 valence electrons. The van der Waals surface area contributed by atoms with E-state index < -0.39 is 0 Å². The SMILES string of the molecule is Cc1csc(NN=Cc2ccc(Oc3ccc(C(C)(C)C)cc3)cc2)n1. The van der Waals surface area contributed by atoms with Crippen LogP contribution in [-0.4, -0.2) is 11.2 Å². The summed E-state index contributed by atoms with van der Waals surface area (Å²) in [5.41, 5.74) is 6.34. The number of aryl methyl sites for hydroxylation is 1. The number of hydrogen-bond acceptors (Lipinski definition) is 5. The molecule has 0 aliphatic rings. The number of rotatable bonds is 5. The summed E-state index contributed by atoms with van der Waals surface area (Å²) in [5, 5.41) is 6.98. The fraction of sp³-hybridized carbons (Fsp3) is 0.238. The Morgan fingerprint density at radius 2 is 1.62 bits per heavy atom. The molecule has 0 unspecified atom stereocenters. The van der Waals surface area contributed by atoms with E-state index in [1.807, 2.05) is 48.7 Å². The predicted molar refractivity (Wildman–Crippen MR) is 110 cm³/mol. The molecule has 1 N–H and O–H groups in total. The van der Waals surface area contributed by atoms with Gasteiger partial charge in [-0.1, -0.05) is 32.9 Å². The Morgan fingerprint density at radius 3 is 2.15 bits per heavy atom. The summed E-state index contributed by atoms with van der Waals surface area (Å²) < 4.78 is 5.91. The van der Waals surface area contributed by atoms with Gasteiger partial charge >= 0.3 is 0 Å². The molecule has 3 aromatic rings. The van der Waals surface area contributed by atoms with Gasteiger partial charge in [-0.3, -0.25) is 5.43 Å². The third-order valence-corrected chi connectivity index (χ3v) is 4.69. The van der Waals surface area contributed by atoms with E-state index in [1.165, 1.54) is 16.9 Å². The van der Waals surface area contributed by atoms with E-state index in [4.69, 9.17) is 4.74 Å². The van der Waals surface area contributed by atoms with Gasteiger partial charge in [0.05, 0.1) is 11.9 Å². The van der Waals surface area contributed by atoms with Crippen molar-refractivity contribution < 1.29 is 4.74 Å². The highest BCUT2D eigenvalue weighted by molar-refractivity contribution is 7.13. The van der Waals surface area contributed by atoms with Crippen LogP contribution in [0, 0.1) is 6.92 Å². The lowest BCUT2D eigenvalue weighted by atomic mass is 9.87. The second-order valence-corrected chi connectivity index (χ2v) is 7.97. The lowest BCUT2D eigenvalue weighted by molar-refractivity contribution is 0.481. The smallest absolute Gasteiger partial charge is 0.203 e. The highest BCUT2D eigenvalue weighted by atomic mass is 32.1. The standard InChI is InChI=1S/C21H23N3OS/c1-15-14-26-20(23-15)24-22-13-16-5-9-18(10-6-16)25-19-11-7-17(8-12-19)21(2,3)4/h5-14H,1-4H3,(H,23,24). The summed E-state index contributed by atoms with van der Waals surface area (Å²) >= 11 is 1.53. The zero-order chi connectivity index (χ0) is 18.6. The summed E-state index contributed by atoms with van der Waals surface area (Å²) in [5.74, 6) is 1.63. The van der Waals surface area contributed by atoms with E-state index in [9.17, 15) is 0 Å². The predicted octanol–water partition coefficient (Wildman–Crippen LogP) is 5.99.